The van der Waals surface area contributed by atoms with Gasteiger partial charge in [0.05, 0.1) is 0 Å². The minimum Gasteiger partial charge on any atom is -0.388 e. The van der Waals surface area contributed by atoms with Crippen molar-refractivity contribution in [2.24, 2.45) is 5.73 Å². The average molecular weight is 263 g/mol. The maximum Gasteiger partial charge on any atom is 0.123 e. The third kappa shape index (κ3) is 2.70. The predicted molar refractivity (Wildman–Crippen MR) is 78.4 cm³/mol. The van der Waals surface area contributed by atoms with E-state index in [1.807, 2.05) is 6.07 Å². The largest absolute Gasteiger partial charge is 0.388 e. The molecule has 2 N–H and O–H groups in total. The minimum atomic E-state index is 0.394. The number of hydrogen-bond acceptors (Lipinski definition) is 3. The van der Waals surface area contributed by atoms with Crippen LogP contribution in [0.2, 0.25) is 0 Å². The Kier molecular flexibility index (Phi) is 4.30. The van der Waals surface area contributed by atoms with Gasteiger partial charge in [0, 0.05) is 24.8 Å². The molecule has 0 aromatic carbocycles. The summed E-state index contributed by atoms with van der Waals surface area (Å²) in [5.41, 5.74) is 7.67. The third-order valence-corrected chi connectivity index (χ3v) is 4.10. The Hall–Kier alpha value is -1.00. The topological polar surface area (TPSA) is 42.2 Å². The second kappa shape index (κ2) is 5.76. The van der Waals surface area contributed by atoms with E-state index < -0.39 is 0 Å². The molecular formula is C14H21N3S. The summed E-state index contributed by atoms with van der Waals surface area (Å²) in [6.45, 7) is 5.46. The fourth-order valence-electron chi connectivity index (χ4n) is 2.83. The zero-order chi connectivity index (χ0) is 13.1. The Balaban J connectivity index is 2.20. The summed E-state index contributed by atoms with van der Waals surface area (Å²) in [6, 6.07) is 5.35. The van der Waals surface area contributed by atoms with Crippen molar-refractivity contribution in [2.75, 3.05) is 0 Å². The highest BCUT2D eigenvalue weighted by atomic mass is 32.1. The molecule has 18 heavy (non-hydrogen) atoms. The summed E-state index contributed by atoms with van der Waals surface area (Å²) < 4.78 is 0. The van der Waals surface area contributed by atoms with Gasteiger partial charge in [0.1, 0.15) is 10.7 Å². The highest BCUT2D eigenvalue weighted by Crippen LogP contribution is 2.28. The van der Waals surface area contributed by atoms with E-state index in [9.17, 15) is 0 Å². The number of hydrogen-bond donors (Lipinski definition) is 1. The predicted octanol–water partition coefficient (Wildman–Crippen LogP) is 2.48. The van der Waals surface area contributed by atoms with Crippen molar-refractivity contribution in [3.8, 4) is 0 Å². The number of rotatable bonds is 4. The molecule has 4 heteroatoms. The van der Waals surface area contributed by atoms with E-state index in [1.54, 1.807) is 6.20 Å². The van der Waals surface area contributed by atoms with Crippen LogP contribution < -0.4 is 5.73 Å². The summed E-state index contributed by atoms with van der Waals surface area (Å²) in [5, 5.41) is 0. The summed E-state index contributed by atoms with van der Waals surface area (Å²) in [6.07, 6.45) is 5.53. The molecule has 0 radical (unpaired) electrons. The van der Waals surface area contributed by atoms with Crippen LogP contribution in [0.15, 0.2) is 18.3 Å². The van der Waals surface area contributed by atoms with Crippen molar-refractivity contribution in [1.29, 1.82) is 0 Å². The monoisotopic (exact) mass is 263 g/mol. The number of nitrogens with zero attached hydrogens (tertiary/aromatic N) is 2. The lowest BCUT2D eigenvalue weighted by Gasteiger charge is -2.28. The minimum absolute atomic E-state index is 0.394. The molecule has 0 amide bonds. The molecular weight excluding hydrogens is 242 g/mol. The van der Waals surface area contributed by atoms with Gasteiger partial charge in [-0.3, -0.25) is 9.88 Å². The first-order valence-corrected chi connectivity index (χ1v) is 7.03. The van der Waals surface area contributed by atoms with E-state index in [1.165, 1.54) is 19.3 Å². The number of thiocarbonyl (C=S) groups is 1. The van der Waals surface area contributed by atoms with Crippen LogP contribution in [0, 0.1) is 0 Å². The van der Waals surface area contributed by atoms with E-state index in [0.29, 0.717) is 17.1 Å². The molecule has 1 aromatic rings. The van der Waals surface area contributed by atoms with Crippen LogP contribution >= 0.6 is 12.2 Å². The quantitative estimate of drug-likeness (QED) is 0.847. The second-order valence-corrected chi connectivity index (χ2v) is 5.48. The smallest absolute Gasteiger partial charge is 0.123 e. The van der Waals surface area contributed by atoms with Crippen LogP contribution in [0.5, 0.6) is 0 Å². The van der Waals surface area contributed by atoms with Gasteiger partial charge >= 0.3 is 0 Å². The van der Waals surface area contributed by atoms with Crippen molar-refractivity contribution < 1.29 is 0 Å². The zero-order valence-corrected chi connectivity index (χ0v) is 11.9. The molecule has 0 spiro atoms. The Morgan fingerprint density at radius 3 is 3.00 bits per heavy atom. The molecule has 98 valence electrons. The molecule has 2 atom stereocenters. The van der Waals surface area contributed by atoms with Crippen molar-refractivity contribution in [1.82, 2.24) is 9.88 Å². The van der Waals surface area contributed by atoms with Crippen LogP contribution in [-0.4, -0.2) is 27.0 Å². The number of nitrogens with two attached hydrogens (primary N) is 1. The first-order chi connectivity index (χ1) is 8.63. The first-order valence-electron chi connectivity index (χ1n) is 6.63. The van der Waals surface area contributed by atoms with Crippen LogP contribution in [0.4, 0.5) is 0 Å². The summed E-state index contributed by atoms with van der Waals surface area (Å²) in [5.74, 6) is 0. The fraction of sp³-hybridized carbons (Fsp3) is 0.571. The third-order valence-electron chi connectivity index (χ3n) is 3.90. The summed E-state index contributed by atoms with van der Waals surface area (Å²) in [4.78, 5) is 7.25. The van der Waals surface area contributed by atoms with Crippen molar-refractivity contribution in [3.05, 3.63) is 29.6 Å². The molecule has 1 aliphatic rings. The molecule has 0 bridgehead atoms. The fourth-order valence-corrected chi connectivity index (χ4v) is 3.02. The summed E-state index contributed by atoms with van der Waals surface area (Å²) >= 11 is 5.07. The van der Waals surface area contributed by atoms with E-state index in [4.69, 9.17) is 18.0 Å². The lowest BCUT2D eigenvalue weighted by molar-refractivity contribution is 0.189. The standard InChI is InChI=1S/C14H21N3S/c1-3-12-7-6-10(2)17(12)9-11-5-4-8-16-13(11)14(15)18/h4-5,8,10,12H,3,6-7,9H2,1-2H3,(H2,15,18). The van der Waals surface area contributed by atoms with E-state index >= 15 is 0 Å². The molecule has 2 unspecified atom stereocenters. The van der Waals surface area contributed by atoms with Gasteiger partial charge in [0.15, 0.2) is 0 Å². The number of pyridine rings is 1. The van der Waals surface area contributed by atoms with Crippen LogP contribution in [-0.2, 0) is 6.54 Å². The van der Waals surface area contributed by atoms with Crippen molar-refractivity contribution >= 4 is 17.2 Å². The number of aromatic nitrogens is 1. The van der Waals surface area contributed by atoms with E-state index in [2.05, 4.69) is 29.8 Å². The maximum atomic E-state index is 5.74. The first kappa shape index (κ1) is 13.4. The Bertz CT molecular complexity index is 433. The molecule has 1 fully saturated rings. The van der Waals surface area contributed by atoms with Crippen molar-refractivity contribution in [2.45, 2.75) is 51.7 Å². The SMILES string of the molecule is CCC1CCC(C)N1Cc1cccnc1C(N)=S. The molecule has 2 heterocycles. The molecule has 0 aliphatic carbocycles. The number of likely N-dealkylation sites (tertiary alicyclic amines) is 1. The normalized spacial score (nSPS) is 24.3. The Labute approximate surface area is 114 Å². The maximum absolute atomic E-state index is 5.74. The molecule has 1 aliphatic heterocycles. The lowest BCUT2D eigenvalue weighted by atomic mass is 10.1. The highest BCUT2D eigenvalue weighted by molar-refractivity contribution is 7.80. The van der Waals surface area contributed by atoms with Gasteiger partial charge in [-0.1, -0.05) is 25.2 Å². The van der Waals surface area contributed by atoms with E-state index in [-0.39, 0.29) is 0 Å². The highest BCUT2D eigenvalue weighted by Gasteiger charge is 2.29. The summed E-state index contributed by atoms with van der Waals surface area (Å²) in [7, 11) is 0. The van der Waals surface area contributed by atoms with Gasteiger partial charge in [0.2, 0.25) is 0 Å². The van der Waals surface area contributed by atoms with E-state index in [0.717, 1.165) is 17.8 Å². The Morgan fingerprint density at radius 1 is 1.56 bits per heavy atom. The van der Waals surface area contributed by atoms with Crippen LogP contribution in [0.25, 0.3) is 0 Å². The van der Waals surface area contributed by atoms with Gasteiger partial charge in [0.25, 0.3) is 0 Å². The molecule has 1 aromatic heterocycles. The van der Waals surface area contributed by atoms with Gasteiger partial charge in [-0.05, 0) is 37.8 Å². The van der Waals surface area contributed by atoms with Gasteiger partial charge in [-0.2, -0.15) is 0 Å². The average Bonchev–Trinajstić information content (AvgIpc) is 2.71. The molecule has 1 saturated heterocycles. The van der Waals surface area contributed by atoms with Crippen LogP contribution in [0.3, 0.4) is 0 Å². The van der Waals surface area contributed by atoms with Crippen LogP contribution in [0.1, 0.15) is 44.4 Å². The molecule has 0 saturated carbocycles. The molecule has 2 rings (SSSR count). The van der Waals surface area contributed by atoms with Crippen molar-refractivity contribution in [3.63, 3.8) is 0 Å². The molecule has 3 nitrogen and oxygen atoms in total. The van der Waals surface area contributed by atoms with Gasteiger partial charge < -0.3 is 5.73 Å². The Morgan fingerprint density at radius 2 is 2.33 bits per heavy atom. The zero-order valence-electron chi connectivity index (χ0n) is 11.1. The van der Waals surface area contributed by atoms with Gasteiger partial charge in [-0.25, -0.2) is 0 Å². The lowest BCUT2D eigenvalue weighted by Crippen LogP contribution is -2.34. The van der Waals surface area contributed by atoms with Gasteiger partial charge in [-0.15, -0.1) is 0 Å². The second-order valence-electron chi connectivity index (χ2n) is 5.04.